The topological polar surface area (TPSA) is 29.1 Å². The maximum Gasteiger partial charge on any atom is 0.223 e. The van der Waals surface area contributed by atoms with Crippen LogP contribution in [0.3, 0.4) is 0 Å². The highest BCUT2D eigenvalue weighted by Crippen LogP contribution is 2.36. The molecule has 1 N–H and O–H groups in total. The Morgan fingerprint density at radius 2 is 2.44 bits per heavy atom. The van der Waals surface area contributed by atoms with Gasteiger partial charge in [0.05, 0.1) is 0 Å². The van der Waals surface area contributed by atoms with Crippen LogP contribution in [0.15, 0.2) is 0 Å². The molecule has 2 aliphatic rings. The van der Waals surface area contributed by atoms with E-state index in [-0.39, 0.29) is 1.43 Å². The molecule has 0 aromatic carbocycles. The van der Waals surface area contributed by atoms with Crippen molar-refractivity contribution in [3.05, 3.63) is 0 Å². The SMILES string of the molecule is CC1CC2CC1C(=O)N2.[HH]. The number of carbonyl (C=O) groups is 1. The van der Waals surface area contributed by atoms with E-state index in [2.05, 4.69) is 12.2 Å². The van der Waals surface area contributed by atoms with Crippen molar-refractivity contribution in [2.75, 3.05) is 0 Å². The summed E-state index contributed by atoms with van der Waals surface area (Å²) in [7, 11) is 0. The van der Waals surface area contributed by atoms with Gasteiger partial charge in [0.2, 0.25) is 5.91 Å². The fraction of sp³-hybridized carbons (Fsp3) is 0.857. The molecule has 1 aliphatic heterocycles. The Kier molecular flexibility index (Phi) is 0.875. The van der Waals surface area contributed by atoms with Crippen molar-refractivity contribution in [3.8, 4) is 0 Å². The van der Waals surface area contributed by atoms with Crippen molar-refractivity contribution >= 4 is 5.91 Å². The first-order valence-corrected chi connectivity index (χ1v) is 3.58. The molecule has 52 valence electrons. The Morgan fingerprint density at radius 3 is 2.78 bits per heavy atom. The van der Waals surface area contributed by atoms with Gasteiger partial charge in [-0.05, 0) is 18.8 Å². The largest absolute Gasteiger partial charge is 0.353 e. The average Bonchev–Trinajstić information content (AvgIpc) is 2.22. The van der Waals surface area contributed by atoms with Crippen LogP contribution in [0.5, 0.6) is 0 Å². The third-order valence-corrected chi connectivity index (χ3v) is 2.56. The number of piperidine rings is 1. The molecule has 0 radical (unpaired) electrons. The van der Waals surface area contributed by atoms with E-state index in [1.54, 1.807) is 0 Å². The first-order chi connectivity index (χ1) is 4.27. The van der Waals surface area contributed by atoms with Crippen molar-refractivity contribution in [1.82, 2.24) is 5.32 Å². The highest BCUT2D eigenvalue weighted by atomic mass is 16.2. The molecule has 0 aromatic rings. The molecule has 0 spiro atoms. The van der Waals surface area contributed by atoms with Crippen LogP contribution in [-0.4, -0.2) is 11.9 Å². The van der Waals surface area contributed by atoms with Gasteiger partial charge in [-0.1, -0.05) is 6.92 Å². The van der Waals surface area contributed by atoms with Crippen LogP contribution in [-0.2, 0) is 4.79 Å². The van der Waals surface area contributed by atoms with E-state index < -0.39 is 0 Å². The second-order valence-corrected chi connectivity index (χ2v) is 3.26. The molecular formula is C7H13NO. The van der Waals surface area contributed by atoms with Crippen LogP contribution in [0.1, 0.15) is 21.2 Å². The molecule has 9 heavy (non-hydrogen) atoms. The molecule has 1 aliphatic carbocycles. The lowest BCUT2D eigenvalue weighted by atomic mass is 9.97. The molecule has 1 saturated carbocycles. The maximum atomic E-state index is 10.9. The van der Waals surface area contributed by atoms with E-state index in [1.807, 2.05) is 0 Å². The van der Waals surface area contributed by atoms with Gasteiger partial charge in [-0.2, -0.15) is 0 Å². The predicted octanol–water partition coefficient (Wildman–Crippen LogP) is 0.777. The highest BCUT2D eigenvalue weighted by molar-refractivity contribution is 5.82. The van der Waals surface area contributed by atoms with Gasteiger partial charge in [-0.15, -0.1) is 0 Å². The van der Waals surface area contributed by atoms with Crippen LogP contribution in [0, 0.1) is 11.8 Å². The normalized spacial score (nSPS) is 47.7. The zero-order chi connectivity index (χ0) is 6.43. The molecule has 3 unspecified atom stereocenters. The standard InChI is InChI=1S/C7H11NO.H2/c1-4-2-5-3-6(4)7(9)8-5;/h4-6H,2-3H2,1H3,(H,8,9);1H. The number of amides is 1. The quantitative estimate of drug-likeness (QED) is 0.512. The Hall–Kier alpha value is -0.530. The second kappa shape index (κ2) is 1.49. The first-order valence-electron chi connectivity index (χ1n) is 3.58. The summed E-state index contributed by atoms with van der Waals surface area (Å²) >= 11 is 0. The number of fused-ring (bicyclic) bond motifs is 2. The average molecular weight is 127 g/mol. The summed E-state index contributed by atoms with van der Waals surface area (Å²) in [5.41, 5.74) is 0. The lowest BCUT2D eigenvalue weighted by Gasteiger charge is -2.16. The minimum Gasteiger partial charge on any atom is -0.353 e. The molecule has 2 rings (SSSR count). The smallest absolute Gasteiger partial charge is 0.223 e. The van der Waals surface area contributed by atoms with Crippen molar-refractivity contribution in [2.45, 2.75) is 25.8 Å². The number of rotatable bonds is 0. The summed E-state index contributed by atoms with van der Waals surface area (Å²) < 4.78 is 0. The first kappa shape index (κ1) is 5.27. The summed E-state index contributed by atoms with van der Waals surface area (Å²) in [5, 5.41) is 2.94. The molecule has 3 atom stereocenters. The van der Waals surface area contributed by atoms with Crippen LogP contribution in [0.4, 0.5) is 0 Å². The Bertz CT molecular complexity index is 160. The van der Waals surface area contributed by atoms with E-state index in [9.17, 15) is 4.79 Å². The van der Waals surface area contributed by atoms with Gasteiger partial charge < -0.3 is 5.32 Å². The van der Waals surface area contributed by atoms with Crippen molar-refractivity contribution in [2.24, 2.45) is 11.8 Å². The van der Waals surface area contributed by atoms with Crippen molar-refractivity contribution in [3.63, 3.8) is 0 Å². The molecular weight excluding hydrogens is 114 g/mol. The van der Waals surface area contributed by atoms with Gasteiger partial charge >= 0.3 is 0 Å². The third-order valence-electron chi connectivity index (χ3n) is 2.56. The van der Waals surface area contributed by atoms with Crippen molar-refractivity contribution in [1.29, 1.82) is 0 Å². The monoisotopic (exact) mass is 127 g/mol. The Morgan fingerprint density at radius 1 is 1.67 bits per heavy atom. The number of carbonyl (C=O) groups excluding carboxylic acids is 1. The van der Waals surface area contributed by atoms with Crippen LogP contribution >= 0.6 is 0 Å². The molecule has 1 saturated heterocycles. The summed E-state index contributed by atoms with van der Waals surface area (Å²) in [6.07, 6.45) is 2.30. The molecule has 2 heteroatoms. The summed E-state index contributed by atoms with van der Waals surface area (Å²) in [6, 6.07) is 0.525. The van der Waals surface area contributed by atoms with Gasteiger partial charge in [0.15, 0.2) is 0 Å². The summed E-state index contributed by atoms with van der Waals surface area (Å²) in [5.74, 6) is 1.29. The minimum atomic E-state index is 0. The lowest BCUT2D eigenvalue weighted by Crippen LogP contribution is -2.34. The fourth-order valence-electron chi connectivity index (χ4n) is 2.04. The Labute approximate surface area is 56.1 Å². The van der Waals surface area contributed by atoms with Crippen LogP contribution in [0.2, 0.25) is 0 Å². The summed E-state index contributed by atoms with van der Waals surface area (Å²) in [6.45, 7) is 2.17. The molecule has 0 aromatic heterocycles. The number of nitrogens with one attached hydrogen (secondary N) is 1. The van der Waals surface area contributed by atoms with Gasteiger partial charge in [-0.25, -0.2) is 0 Å². The van der Waals surface area contributed by atoms with Gasteiger partial charge in [0.25, 0.3) is 0 Å². The Balaban J connectivity index is 0.000000500. The van der Waals surface area contributed by atoms with E-state index in [4.69, 9.17) is 0 Å². The van der Waals surface area contributed by atoms with Gasteiger partial charge in [-0.3, -0.25) is 4.79 Å². The zero-order valence-corrected chi connectivity index (χ0v) is 5.55. The van der Waals surface area contributed by atoms with Crippen LogP contribution < -0.4 is 5.32 Å². The van der Waals surface area contributed by atoms with E-state index in [0.29, 0.717) is 23.8 Å². The number of hydrogen-bond donors (Lipinski definition) is 1. The number of hydrogen-bond acceptors (Lipinski definition) is 1. The van der Waals surface area contributed by atoms with Crippen LogP contribution in [0.25, 0.3) is 0 Å². The molecule has 2 bridgehead atoms. The molecule has 2 nitrogen and oxygen atoms in total. The molecule has 1 amide bonds. The zero-order valence-electron chi connectivity index (χ0n) is 5.55. The maximum absolute atomic E-state index is 10.9. The third kappa shape index (κ3) is 0.590. The second-order valence-electron chi connectivity index (χ2n) is 3.26. The van der Waals surface area contributed by atoms with E-state index >= 15 is 0 Å². The molecule has 2 fully saturated rings. The van der Waals surface area contributed by atoms with Crippen molar-refractivity contribution < 1.29 is 6.22 Å². The summed E-state index contributed by atoms with van der Waals surface area (Å²) in [4.78, 5) is 10.9. The minimum absolute atomic E-state index is 0. The van der Waals surface area contributed by atoms with Gasteiger partial charge in [0.1, 0.15) is 0 Å². The molecule has 1 heterocycles. The lowest BCUT2D eigenvalue weighted by molar-refractivity contribution is -0.124. The van der Waals surface area contributed by atoms with E-state index in [0.717, 1.165) is 6.42 Å². The fourth-order valence-corrected chi connectivity index (χ4v) is 2.04. The van der Waals surface area contributed by atoms with Gasteiger partial charge in [0, 0.05) is 13.4 Å². The highest BCUT2D eigenvalue weighted by Gasteiger charge is 2.42. The van der Waals surface area contributed by atoms with E-state index in [1.165, 1.54) is 6.42 Å². The predicted molar refractivity (Wildman–Crippen MR) is 35.9 cm³/mol.